The fourth-order valence-electron chi connectivity index (χ4n) is 1.46. The Labute approximate surface area is 78.4 Å². The molecule has 0 aromatic carbocycles. The minimum Gasteiger partial charge on any atom is -0.397 e. The third kappa shape index (κ3) is 2.11. The smallest absolute Gasteiger partial charge is 0.126 e. The first-order valence-electron chi connectivity index (χ1n) is 4.80. The molecule has 1 aromatic heterocycles. The zero-order valence-corrected chi connectivity index (χ0v) is 7.66. The van der Waals surface area contributed by atoms with Crippen molar-refractivity contribution in [3.05, 3.63) is 18.3 Å². The molecule has 3 N–H and O–H groups in total. The van der Waals surface area contributed by atoms with E-state index in [1.807, 2.05) is 12.1 Å². The quantitative estimate of drug-likeness (QED) is 0.741. The molecule has 0 radical (unpaired) electrons. The summed E-state index contributed by atoms with van der Waals surface area (Å²) in [6.07, 6.45) is 5.80. The van der Waals surface area contributed by atoms with E-state index in [4.69, 9.17) is 5.73 Å². The molecule has 0 aliphatic heterocycles. The van der Waals surface area contributed by atoms with E-state index >= 15 is 0 Å². The largest absolute Gasteiger partial charge is 0.397 e. The van der Waals surface area contributed by atoms with E-state index in [9.17, 15) is 0 Å². The van der Waals surface area contributed by atoms with Crippen molar-refractivity contribution in [2.24, 2.45) is 5.92 Å². The summed E-state index contributed by atoms with van der Waals surface area (Å²) in [5.41, 5.74) is 6.25. The highest BCUT2D eigenvalue weighted by Crippen LogP contribution is 2.26. The van der Waals surface area contributed by atoms with Gasteiger partial charge in [0.25, 0.3) is 0 Å². The topological polar surface area (TPSA) is 50.9 Å². The van der Waals surface area contributed by atoms with Crippen molar-refractivity contribution >= 4 is 11.5 Å². The Morgan fingerprint density at radius 1 is 1.46 bits per heavy atom. The van der Waals surface area contributed by atoms with Crippen LogP contribution < -0.4 is 11.1 Å². The van der Waals surface area contributed by atoms with E-state index in [1.54, 1.807) is 6.20 Å². The summed E-state index contributed by atoms with van der Waals surface area (Å²) >= 11 is 0. The maximum atomic E-state index is 5.53. The van der Waals surface area contributed by atoms with Crippen LogP contribution in [0.2, 0.25) is 0 Å². The van der Waals surface area contributed by atoms with E-state index in [2.05, 4.69) is 10.3 Å². The van der Waals surface area contributed by atoms with Gasteiger partial charge in [-0.25, -0.2) is 4.98 Å². The Morgan fingerprint density at radius 2 is 2.31 bits per heavy atom. The average molecular weight is 177 g/mol. The number of rotatable bonds is 3. The zero-order valence-electron chi connectivity index (χ0n) is 7.66. The summed E-state index contributed by atoms with van der Waals surface area (Å²) in [4.78, 5) is 4.17. The number of anilines is 2. The first-order valence-corrected chi connectivity index (χ1v) is 4.80. The van der Waals surface area contributed by atoms with Gasteiger partial charge in [-0.15, -0.1) is 0 Å². The summed E-state index contributed by atoms with van der Waals surface area (Å²) in [5, 5.41) is 3.31. The molecule has 0 spiro atoms. The molecular formula is C10H15N3. The molecule has 1 aliphatic carbocycles. The molecule has 1 aliphatic rings. The van der Waals surface area contributed by atoms with Crippen molar-refractivity contribution in [3.8, 4) is 0 Å². The van der Waals surface area contributed by atoms with Gasteiger partial charge in [-0.1, -0.05) is 6.42 Å². The second kappa shape index (κ2) is 3.64. The van der Waals surface area contributed by atoms with Crippen LogP contribution in [-0.4, -0.2) is 11.5 Å². The predicted molar refractivity (Wildman–Crippen MR) is 54.5 cm³/mol. The van der Waals surface area contributed by atoms with Gasteiger partial charge in [-0.3, -0.25) is 0 Å². The Morgan fingerprint density at radius 3 is 2.85 bits per heavy atom. The molecule has 1 fully saturated rings. The van der Waals surface area contributed by atoms with Crippen LogP contribution in [0.4, 0.5) is 11.5 Å². The van der Waals surface area contributed by atoms with Crippen LogP contribution in [0.1, 0.15) is 19.3 Å². The normalized spacial score (nSPS) is 16.6. The lowest BCUT2D eigenvalue weighted by molar-refractivity contribution is 0.333. The molecule has 1 heterocycles. The van der Waals surface area contributed by atoms with E-state index in [1.165, 1.54) is 19.3 Å². The highest BCUT2D eigenvalue weighted by molar-refractivity contribution is 5.43. The summed E-state index contributed by atoms with van der Waals surface area (Å²) in [6, 6.07) is 3.80. The maximum Gasteiger partial charge on any atom is 0.126 e. The number of nitrogens with two attached hydrogens (primary N) is 1. The van der Waals surface area contributed by atoms with Crippen molar-refractivity contribution < 1.29 is 0 Å². The van der Waals surface area contributed by atoms with Gasteiger partial charge in [-0.2, -0.15) is 0 Å². The molecule has 3 heteroatoms. The van der Waals surface area contributed by atoms with Gasteiger partial charge in [0, 0.05) is 6.54 Å². The highest BCUT2D eigenvalue weighted by atomic mass is 15.0. The summed E-state index contributed by atoms with van der Waals surface area (Å²) in [5.74, 6) is 1.79. The van der Waals surface area contributed by atoms with Gasteiger partial charge in [0.2, 0.25) is 0 Å². The fourth-order valence-corrected chi connectivity index (χ4v) is 1.46. The number of aromatic nitrogens is 1. The van der Waals surface area contributed by atoms with E-state index in [0.29, 0.717) is 5.69 Å². The first kappa shape index (κ1) is 8.35. The molecule has 3 nitrogen and oxygen atoms in total. The predicted octanol–water partition coefficient (Wildman–Crippen LogP) is 1.88. The van der Waals surface area contributed by atoms with Crippen LogP contribution in [-0.2, 0) is 0 Å². The van der Waals surface area contributed by atoms with Crippen LogP contribution in [0.25, 0.3) is 0 Å². The third-order valence-electron chi connectivity index (χ3n) is 2.58. The summed E-state index contributed by atoms with van der Waals surface area (Å²) in [7, 11) is 0. The minimum absolute atomic E-state index is 0.717. The highest BCUT2D eigenvalue weighted by Gasteiger charge is 2.16. The van der Waals surface area contributed by atoms with Crippen LogP contribution in [0.3, 0.4) is 0 Å². The van der Waals surface area contributed by atoms with Crippen molar-refractivity contribution in [2.75, 3.05) is 17.6 Å². The Hall–Kier alpha value is -1.25. The number of nitrogens with zero attached hydrogens (tertiary/aromatic N) is 1. The first-order chi connectivity index (χ1) is 6.34. The van der Waals surface area contributed by atoms with Gasteiger partial charge in [0.15, 0.2) is 0 Å². The number of pyridine rings is 1. The lowest BCUT2D eigenvalue weighted by Crippen LogP contribution is -2.21. The van der Waals surface area contributed by atoms with E-state index < -0.39 is 0 Å². The van der Waals surface area contributed by atoms with Gasteiger partial charge < -0.3 is 11.1 Å². The van der Waals surface area contributed by atoms with Crippen molar-refractivity contribution in [1.82, 2.24) is 4.98 Å². The second-order valence-electron chi connectivity index (χ2n) is 3.65. The van der Waals surface area contributed by atoms with Crippen molar-refractivity contribution in [3.63, 3.8) is 0 Å². The zero-order chi connectivity index (χ0) is 9.10. The summed E-state index contributed by atoms with van der Waals surface area (Å²) < 4.78 is 0. The molecule has 1 aromatic rings. The molecule has 0 amide bonds. The standard InChI is InChI=1S/C10H15N3/c11-9-4-5-10(13-7-9)12-6-8-2-1-3-8/h4-5,7-8H,1-3,6,11H2,(H,12,13). The van der Waals surface area contributed by atoms with Crippen LogP contribution >= 0.6 is 0 Å². The van der Waals surface area contributed by atoms with Gasteiger partial charge in [0.05, 0.1) is 11.9 Å². The number of hydrogen-bond donors (Lipinski definition) is 2. The van der Waals surface area contributed by atoms with Gasteiger partial charge >= 0.3 is 0 Å². The van der Waals surface area contributed by atoms with E-state index in [-0.39, 0.29) is 0 Å². The monoisotopic (exact) mass is 177 g/mol. The van der Waals surface area contributed by atoms with Crippen molar-refractivity contribution in [1.29, 1.82) is 0 Å². The Kier molecular flexibility index (Phi) is 2.34. The SMILES string of the molecule is Nc1ccc(NCC2CCC2)nc1. The molecule has 0 unspecified atom stereocenters. The minimum atomic E-state index is 0.717. The molecular weight excluding hydrogens is 162 g/mol. The number of nitrogen functional groups attached to an aromatic ring is 1. The van der Waals surface area contributed by atoms with Gasteiger partial charge in [0.1, 0.15) is 5.82 Å². The molecule has 1 saturated carbocycles. The molecule has 0 saturated heterocycles. The third-order valence-corrected chi connectivity index (χ3v) is 2.58. The van der Waals surface area contributed by atoms with Crippen LogP contribution in [0.5, 0.6) is 0 Å². The van der Waals surface area contributed by atoms with Crippen LogP contribution in [0, 0.1) is 5.92 Å². The number of hydrogen-bond acceptors (Lipinski definition) is 3. The lowest BCUT2D eigenvalue weighted by atomic mass is 9.85. The lowest BCUT2D eigenvalue weighted by Gasteiger charge is -2.25. The van der Waals surface area contributed by atoms with E-state index in [0.717, 1.165) is 18.3 Å². The van der Waals surface area contributed by atoms with Gasteiger partial charge in [-0.05, 0) is 30.9 Å². The second-order valence-corrected chi connectivity index (χ2v) is 3.65. The fraction of sp³-hybridized carbons (Fsp3) is 0.500. The Balaban J connectivity index is 1.83. The van der Waals surface area contributed by atoms with Crippen molar-refractivity contribution in [2.45, 2.75) is 19.3 Å². The average Bonchev–Trinajstić information content (AvgIpc) is 2.05. The van der Waals surface area contributed by atoms with Crippen LogP contribution in [0.15, 0.2) is 18.3 Å². The number of nitrogens with one attached hydrogen (secondary N) is 1. The molecule has 13 heavy (non-hydrogen) atoms. The molecule has 70 valence electrons. The molecule has 2 rings (SSSR count). The molecule has 0 bridgehead atoms. The Bertz CT molecular complexity index is 264. The maximum absolute atomic E-state index is 5.53. The molecule has 0 atom stereocenters. The summed E-state index contributed by atoms with van der Waals surface area (Å²) in [6.45, 7) is 1.05.